The SMILES string of the molecule is C.C.C1=CSCC1.CC(C)C. The van der Waals surface area contributed by atoms with Gasteiger partial charge in [0.25, 0.3) is 0 Å². The molecule has 0 amide bonds. The fourth-order valence-electron chi connectivity index (χ4n) is 0.340. The summed E-state index contributed by atoms with van der Waals surface area (Å²) in [5, 5.41) is 2.15. The highest BCUT2D eigenvalue weighted by Gasteiger charge is 1.85. The van der Waals surface area contributed by atoms with Gasteiger partial charge in [-0.3, -0.25) is 0 Å². The Morgan fingerprint density at radius 3 is 1.73 bits per heavy atom. The molecule has 11 heavy (non-hydrogen) atoms. The van der Waals surface area contributed by atoms with Crippen LogP contribution in [0.3, 0.4) is 0 Å². The van der Waals surface area contributed by atoms with Crippen LogP contribution >= 0.6 is 11.8 Å². The van der Waals surface area contributed by atoms with Crippen molar-refractivity contribution in [2.24, 2.45) is 5.92 Å². The van der Waals surface area contributed by atoms with Crippen molar-refractivity contribution in [2.75, 3.05) is 5.75 Å². The Bertz CT molecular complexity index is 66.2. The Morgan fingerprint density at radius 1 is 1.18 bits per heavy atom. The highest BCUT2D eigenvalue weighted by molar-refractivity contribution is 8.02. The summed E-state index contributed by atoms with van der Waals surface area (Å²) >= 11 is 1.89. The number of thioether (sulfide) groups is 1. The molecule has 1 aliphatic rings. The minimum absolute atomic E-state index is 0. The molecule has 0 aromatic carbocycles. The number of hydrogen-bond donors (Lipinski definition) is 0. The van der Waals surface area contributed by atoms with E-state index in [1.54, 1.807) is 0 Å². The van der Waals surface area contributed by atoms with Crippen molar-refractivity contribution in [3.8, 4) is 0 Å². The Balaban J connectivity index is -0.000000101. The molecule has 1 rings (SSSR count). The maximum atomic E-state index is 2.20. The fourth-order valence-corrected chi connectivity index (χ4v) is 1.02. The maximum Gasteiger partial charge on any atom is 0.000884 e. The molecule has 0 N–H and O–H groups in total. The van der Waals surface area contributed by atoms with Crippen LogP contribution in [0.15, 0.2) is 11.5 Å². The van der Waals surface area contributed by atoms with Crippen LogP contribution in [-0.2, 0) is 0 Å². The molecule has 0 spiro atoms. The van der Waals surface area contributed by atoms with Gasteiger partial charge in [0.15, 0.2) is 0 Å². The average molecular weight is 176 g/mol. The van der Waals surface area contributed by atoms with Crippen molar-refractivity contribution < 1.29 is 0 Å². The molecule has 0 unspecified atom stereocenters. The lowest BCUT2D eigenvalue weighted by Gasteiger charge is -1.79. The van der Waals surface area contributed by atoms with Crippen LogP contribution in [0.5, 0.6) is 0 Å². The van der Waals surface area contributed by atoms with E-state index >= 15 is 0 Å². The Morgan fingerprint density at radius 2 is 1.64 bits per heavy atom. The normalized spacial score (nSPS) is 12.7. The highest BCUT2D eigenvalue weighted by Crippen LogP contribution is 2.11. The molecule has 0 radical (unpaired) electrons. The predicted octanol–water partition coefficient (Wildman–Crippen LogP) is 4.57. The molecule has 0 aromatic heterocycles. The molecule has 0 atom stereocenters. The maximum absolute atomic E-state index is 2.20. The molecule has 0 saturated heterocycles. The molecule has 0 aliphatic carbocycles. The van der Waals surface area contributed by atoms with E-state index in [9.17, 15) is 0 Å². The van der Waals surface area contributed by atoms with Gasteiger partial charge in [-0.2, -0.15) is 0 Å². The van der Waals surface area contributed by atoms with E-state index in [-0.39, 0.29) is 14.9 Å². The first kappa shape index (κ1) is 17.3. The lowest BCUT2D eigenvalue weighted by molar-refractivity contribution is 0.737. The molecule has 0 aromatic rings. The van der Waals surface area contributed by atoms with Gasteiger partial charge in [0.1, 0.15) is 0 Å². The summed E-state index contributed by atoms with van der Waals surface area (Å²) in [7, 11) is 0. The Kier molecular flexibility index (Phi) is 20.0. The van der Waals surface area contributed by atoms with Crippen molar-refractivity contribution >= 4 is 11.8 Å². The van der Waals surface area contributed by atoms with Crippen molar-refractivity contribution in [1.82, 2.24) is 0 Å². The van der Waals surface area contributed by atoms with Crippen LogP contribution in [0.2, 0.25) is 0 Å². The topological polar surface area (TPSA) is 0 Å². The second-order valence-corrected chi connectivity index (χ2v) is 3.78. The third-order valence-electron chi connectivity index (χ3n) is 0.595. The van der Waals surface area contributed by atoms with Crippen LogP contribution < -0.4 is 0 Å². The van der Waals surface area contributed by atoms with E-state index in [1.165, 1.54) is 12.2 Å². The van der Waals surface area contributed by atoms with Gasteiger partial charge < -0.3 is 0 Å². The summed E-state index contributed by atoms with van der Waals surface area (Å²) in [5.74, 6) is 2.14. The first-order valence-electron chi connectivity index (χ1n) is 3.50. The van der Waals surface area contributed by atoms with Gasteiger partial charge in [-0.05, 0) is 17.7 Å². The standard InChI is InChI=1S/C4H6S.C4H10.2CH4/c1-2-4-5-3-1;1-4(2)3;;/h1,3H,2,4H2;4H,1-3H3;2*1H4. The minimum Gasteiger partial charge on any atom is -0.134 e. The summed E-state index contributed by atoms with van der Waals surface area (Å²) < 4.78 is 0. The minimum atomic E-state index is 0. The van der Waals surface area contributed by atoms with Crippen LogP contribution in [0.1, 0.15) is 42.0 Å². The quantitative estimate of drug-likeness (QED) is 0.521. The lowest BCUT2D eigenvalue weighted by Crippen LogP contribution is -1.66. The monoisotopic (exact) mass is 176 g/mol. The van der Waals surface area contributed by atoms with Gasteiger partial charge in [-0.25, -0.2) is 0 Å². The van der Waals surface area contributed by atoms with Gasteiger partial charge >= 0.3 is 0 Å². The summed E-state index contributed by atoms with van der Waals surface area (Å²) in [6.45, 7) is 6.50. The molecule has 0 saturated carbocycles. The van der Waals surface area contributed by atoms with Crippen LogP contribution in [-0.4, -0.2) is 5.75 Å². The zero-order valence-corrected chi connectivity index (χ0v) is 7.37. The van der Waals surface area contributed by atoms with Crippen molar-refractivity contribution in [3.63, 3.8) is 0 Å². The van der Waals surface area contributed by atoms with E-state index in [0.717, 1.165) is 5.92 Å². The summed E-state index contributed by atoms with van der Waals surface area (Å²) in [6.07, 6.45) is 3.48. The smallest absolute Gasteiger partial charge is 0.000884 e. The third kappa shape index (κ3) is 25.5. The molecule has 0 nitrogen and oxygen atoms in total. The lowest BCUT2D eigenvalue weighted by atomic mass is 10.3. The summed E-state index contributed by atoms with van der Waals surface area (Å²) in [6, 6.07) is 0. The molecule has 1 heteroatoms. The summed E-state index contributed by atoms with van der Waals surface area (Å²) in [5.41, 5.74) is 0. The second-order valence-electron chi connectivity index (χ2n) is 2.76. The summed E-state index contributed by atoms with van der Waals surface area (Å²) in [4.78, 5) is 0. The molecule has 70 valence electrons. The van der Waals surface area contributed by atoms with E-state index in [0.29, 0.717) is 0 Å². The number of rotatable bonds is 0. The largest absolute Gasteiger partial charge is 0.134 e. The van der Waals surface area contributed by atoms with E-state index in [2.05, 4.69) is 32.3 Å². The molecule has 0 fully saturated rings. The van der Waals surface area contributed by atoms with Crippen molar-refractivity contribution in [2.45, 2.75) is 42.0 Å². The molecular weight excluding hydrogens is 152 g/mol. The predicted molar refractivity (Wildman–Crippen MR) is 60.2 cm³/mol. The number of allylic oxidation sites excluding steroid dienone is 1. The van der Waals surface area contributed by atoms with Gasteiger partial charge in [0.2, 0.25) is 0 Å². The van der Waals surface area contributed by atoms with Gasteiger partial charge in [-0.1, -0.05) is 41.7 Å². The fraction of sp³-hybridized carbons (Fsp3) is 0.800. The van der Waals surface area contributed by atoms with Gasteiger partial charge in [0.05, 0.1) is 0 Å². The van der Waals surface area contributed by atoms with Crippen molar-refractivity contribution in [1.29, 1.82) is 0 Å². The van der Waals surface area contributed by atoms with Crippen LogP contribution in [0.25, 0.3) is 0 Å². The Hall–Kier alpha value is 0.0900. The zero-order chi connectivity index (χ0) is 7.11. The molecule has 1 aliphatic heterocycles. The van der Waals surface area contributed by atoms with E-state index in [4.69, 9.17) is 0 Å². The first-order valence-corrected chi connectivity index (χ1v) is 4.55. The molecule has 1 heterocycles. The van der Waals surface area contributed by atoms with Gasteiger partial charge in [-0.15, -0.1) is 11.8 Å². The highest BCUT2D eigenvalue weighted by atomic mass is 32.2. The van der Waals surface area contributed by atoms with Crippen molar-refractivity contribution in [3.05, 3.63) is 11.5 Å². The third-order valence-corrected chi connectivity index (χ3v) is 1.45. The van der Waals surface area contributed by atoms with Crippen LogP contribution in [0.4, 0.5) is 0 Å². The zero-order valence-electron chi connectivity index (χ0n) is 6.55. The number of hydrogen-bond acceptors (Lipinski definition) is 1. The van der Waals surface area contributed by atoms with Crippen LogP contribution in [0, 0.1) is 5.92 Å². The Labute approximate surface area is 77.5 Å². The average Bonchev–Trinajstić information content (AvgIpc) is 2.11. The molecular formula is C10H24S. The van der Waals surface area contributed by atoms with E-state index < -0.39 is 0 Å². The first-order chi connectivity index (χ1) is 4.23. The molecule has 0 bridgehead atoms. The van der Waals surface area contributed by atoms with E-state index in [1.807, 2.05) is 11.8 Å². The van der Waals surface area contributed by atoms with Gasteiger partial charge in [0, 0.05) is 5.75 Å². The second kappa shape index (κ2) is 12.7.